The number of imidazole rings is 1. The van der Waals surface area contributed by atoms with Gasteiger partial charge in [0.05, 0.1) is 6.33 Å². The first-order valence-corrected chi connectivity index (χ1v) is 8.72. The van der Waals surface area contributed by atoms with Gasteiger partial charge in [0.15, 0.2) is 6.29 Å². The minimum Gasteiger partial charge on any atom is -0.462 e. The maximum Gasteiger partial charge on any atom is 0.323 e. The van der Waals surface area contributed by atoms with Crippen molar-refractivity contribution < 1.29 is 34.4 Å². The number of carbonyl (C=O) groups excluding carboxylic acids is 2. The molecule has 2 heterocycles. The summed E-state index contributed by atoms with van der Waals surface area (Å²) in [6.07, 6.45) is -1.73. The molecule has 0 radical (unpaired) electrons. The number of aliphatic hydroxyl groups excluding tert-OH is 3. The molecule has 27 heavy (non-hydrogen) atoms. The fourth-order valence-electron chi connectivity index (χ4n) is 2.71. The number of carbonyl (C=O) groups is 2. The van der Waals surface area contributed by atoms with Crippen LogP contribution in [-0.4, -0.2) is 80.5 Å². The van der Waals surface area contributed by atoms with Crippen molar-refractivity contribution in [2.75, 3.05) is 6.61 Å². The number of aromatic nitrogens is 2. The van der Waals surface area contributed by atoms with E-state index in [1.165, 1.54) is 12.5 Å². The SMILES string of the molecule is CCCC(=O)N[C@H]1C(O)O[C@H](COC(=O)C(N)Cc2cnc[nH]2)[C@@H](O)[C@@H]1O. The molecule has 1 aliphatic rings. The lowest BCUT2D eigenvalue weighted by molar-refractivity contribution is -0.255. The van der Waals surface area contributed by atoms with E-state index >= 15 is 0 Å². The van der Waals surface area contributed by atoms with Gasteiger partial charge in [0.2, 0.25) is 5.91 Å². The zero-order valence-corrected chi connectivity index (χ0v) is 14.9. The van der Waals surface area contributed by atoms with Gasteiger partial charge in [0, 0.05) is 24.7 Å². The molecule has 11 heteroatoms. The van der Waals surface area contributed by atoms with Crippen molar-refractivity contribution >= 4 is 11.9 Å². The Kier molecular flexibility index (Phi) is 7.68. The van der Waals surface area contributed by atoms with E-state index in [4.69, 9.17) is 15.2 Å². The Bertz CT molecular complexity index is 612. The molecule has 1 amide bonds. The number of rotatable bonds is 8. The van der Waals surface area contributed by atoms with E-state index in [-0.39, 0.29) is 18.7 Å². The summed E-state index contributed by atoms with van der Waals surface area (Å²) in [6.45, 7) is 1.39. The highest BCUT2D eigenvalue weighted by molar-refractivity contribution is 5.76. The molecule has 1 aromatic heterocycles. The molecular weight excluding hydrogens is 360 g/mol. The van der Waals surface area contributed by atoms with E-state index < -0.39 is 49.3 Å². The molecule has 1 aromatic rings. The third kappa shape index (κ3) is 5.71. The number of esters is 1. The predicted molar refractivity (Wildman–Crippen MR) is 91.0 cm³/mol. The van der Waals surface area contributed by atoms with Gasteiger partial charge >= 0.3 is 5.97 Å². The molecule has 0 spiro atoms. The lowest BCUT2D eigenvalue weighted by atomic mass is 9.97. The average molecular weight is 386 g/mol. The van der Waals surface area contributed by atoms with Crippen LogP contribution in [0, 0.1) is 0 Å². The highest BCUT2D eigenvalue weighted by Gasteiger charge is 2.45. The Morgan fingerprint density at radius 2 is 2.15 bits per heavy atom. The van der Waals surface area contributed by atoms with Crippen molar-refractivity contribution in [3.05, 3.63) is 18.2 Å². The maximum absolute atomic E-state index is 12.0. The summed E-state index contributed by atoms with van der Waals surface area (Å²) in [5.74, 6) is -1.12. The van der Waals surface area contributed by atoms with E-state index in [1.807, 2.05) is 0 Å². The van der Waals surface area contributed by atoms with Crippen molar-refractivity contribution in [2.45, 2.75) is 62.9 Å². The molecule has 0 bridgehead atoms. The number of hydrogen-bond acceptors (Lipinski definition) is 9. The van der Waals surface area contributed by atoms with Crippen LogP contribution in [0.4, 0.5) is 0 Å². The number of ether oxygens (including phenoxy) is 2. The third-order valence-electron chi connectivity index (χ3n) is 4.21. The van der Waals surface area contributed by atoms with E-state index in [9.17, 15) is 24.9 Å². The first-order valence-electron chi connectivity index (χ1n) is 8.72. The van der Waals surface area contributed by atoms with Gasteiger partial charge < -0.3 is 40.8 Å². The largest absolute Gasteiger partial charge is 0.462 e. The molecule has 1 saturated heterocycles. The Hall–Kier alpha value is -2.05. The second-order valence-corrected chi connectivity index (χ2v) is 6.41. The molecule has 2 unspecified atom stereocenters. The van der Waals surface area contributed by atoms with Gasteiger partial charge in [0.25, 0.3) is 0 Å². The van der Waals surface area contributed by atoms with Crippen LogP contribution in [0.2, 0.25) is 0 Å². The quantitative estimate of drug-likeness (QED) is 0.264. The summed E-state index contributed by atoms with van der Waals surface area (Å²) in [4.78, 5) is 30.2. The highest BCUT2D eigenvalue weighted by Crippen LogP contribution is 2.20. The standard InChI is InChI=1S/C16H26N4O7/c1-2-3-11(21)20-12-14(23)13(22)10(27-16(12)25)6-26-15(24)9(17)4-8-5-18-7-19-8/h5,7,9-10,12-14,16,22-23,25H,2-4,6,17H2,1H3,(H,18,19)(H,20,21)/t9?,10-,12-,13-,14-,16?/m1/s1. The Morgan fingerprint density at radius 3 is 2.78 bits per heavy atom. The van der Waals surface area contributed by atoms with Crippen LogP contribution < -0.4 is 11.1 Å². The lowest BCUT2D eigenvalue weighted by Gasteiger charge is -2.40. The van der Waals surface area contributed by atoms with Gasteiger partial charge in [0.1, 0.15) is 37.0 Å². The zero-order chi connectivity index (χ0) is 20.0. The van der Waals surface area contributed by atoms with Crippen LogP contribution >= 0.6 is 0 Å². The Morgan fingerprint density at radius 1 is 1.41 bits per heavy atom. The van der Waals surface area contributed by atoms with Crippen LogP contribution in [0.5, 0.6) is 0 Å². The number of nitrogens with zero attached hydrogens (tertiary/aromatic N) is 1. The molecule has 7 N–H and O–H groups in total. The molecule has 152 valence electrons. The molecule has 2 rings (SSSR count). The number of hydrogen-bond donors (Lipinski definition) is 6. The monoisotopic (exact) mass is 386 g/mol. The maximum atomic E-state index is 12.0. The van der Waals surface area contributed by atoms with E-state index in [0.29, 0.717) is 12.1 Å². The molecule has 0 aromatic carbocycles. The van der Waals surface area contributed by atoms with Crippen molar-refractivity contribution in [1.82, 2.24) is 15.3 Å². The third-order valence-corrected chi connectivity index (χ3v) is 4.21. The minimum atomic E-state index is -1.56. The van der Waals surface area contributed by atoms with Gasteiger partial charge in [-0.2, -0.15) is 0 Å². The van der Waals surface area contributed by atoms with E-state index in [2.05, 4.69) is 15.3 Å². The number of nitrogens with two attached hydrogens (primary N) is 1. The number of H-pyrrole nitrogens is 1. The van der Waals surface area contributed by atoms with E-state index in [1.54, 1.807) is 6.92 Å². The first-order chi connectivity index (χ1) is 12.8. The molecule has 1 aliphatic heterocycles. The highest BCUT2D eigenvalue weighted by atomic mass is 16.6. The lowest BCUT2D eigenvalue weighted by Crippen LogP contribution is -2.64. The Labute approximate surface area is 155 Å². The van der Waals surface area contributed by atoms with Crippen LogP contribution in [0.1, 0.15) is 25.5 Å². The van der Waals surface area contributed by atoms with Crippen molar-refractivity contribution in [3.8, 4) is 0 Å². The molecule has 6 atom stereocenters. The van der Waals surface area contributed by atoms with Crippen LogP contribution in [0.15, 0.2) is 12.5 Å². The van der Waals surface area contributed by atoms with Crippen molar-refractivity contribution in [1.29, 1.82) is 0 Å². The van der Waals surface area contributed by atoms with Gasteiger partial charge in [-0.15, -0.1) is 0 Å². The molecule has 11 nitrogen and oxygen atoms in total. The molecule has 1 fully saturated rings. The van der Waals surface area contributed by atoms with Gasteiger partial charge in [-0.1, -0.05) is 6.92 Å². The normalized spacial score (nSPS) is 29.1. The van der Waals surface area contributed by atoms with Crippen molar-refractivity contribution in [3.63, 3.8) is 0 Å². The van der Waals surface area contributed by atoms with Crippen LogP contribution in [0.3, 0.4) is 0 Å². The fourth-order valence-corrected chi connectivity index (χ4v) is 2.71. The topological polar surface area (TPSA) is 180 Å². The molecular formula is C16H26N4O7. The second-order valence-electron chi connectivity index (χ2n) is 6.41. The number of nitrogens with one attached hydrogen (secondary N) is 2. The van der Waals surface area contributed by atoms with Gasteiger partial charge in [-0.3, -0.25) is 9.59 Å². The van der Waals surface area contributed by atoms with E-state index in [0.717, 1.165) is 0 Å². The van der Waals surface area contributed by atoms with Crippen molar-refractivity contribution in [2.24, 2.45) is 5.73 Å². The van der Waals surface area contributed by atoms with Gasteiger partial charge in [-0.25, -0.2) is 4.98 Å². The summed E-state index contributed by atoms with van der Waals surface area (Å²) in [6, 6.07) is -2.14. The summed E-state index contributed by atoms with van der Waals surface area (Å²) >= 11 is 0. The summed E-state index contributed by atoms with van der Waals surface area (Å²) in [5.41, 5.74) is 6.40. The second kappa shape index (κ2) is 9.76. The summed E-state index contributed by atoms with van der Waals surface area (Å²) < 4.78 is 10.2. The molecule has 0 saturated carbocycles. The van der Waals surface area contributed by atoms with Crippen LogP contribution in [-0.2, 0) is 25.5 Å². The number of aromatic amines is 1. The number of amides is 1. The smallest absolute Gasteiger partial charge is 0.323 e. The summed E-state index contributed by atoms with van der Waals surface area (Å²) in [7, 11) is 0. The minimum absolute atomic E-state index is 0.184. The first kappa shape index (κ1) is 21.3. The Balaban J connectivity index is 1.85. The molecule has 0 aliphatic carbocycles. The zero-order valence-electron chi connectivity index (χ0n) is 14.9. The summed E-state index contributed by atoms with van der Waals surface area (Å²) in [5, 5.41) is 32.7. The fraction of sp³-hybridized carbons (Fsp3) is 0.688. The number of aliphatic hydroxyl groups is 3. The predicted octanol–water partition coefficient (Wildman–Crippen LogP) is -2.45. The van der Waals surface area contributed by atoms with Crippen LogP contribution in [0.25, 0.3) is 0 Å². The average Bonchev–Trinajstić information content (AvgIpc) is 3.13. The van der Waals surface area contributed by atoms with Gasteiger partial charge in [-0.05, 0) is 6.42 Å².